The van der Waals surface area contributed by atoms with Gasteiger partial charge in [-0.3, -0.25) is 4.99 Å². The number of nitriles is 1. The van der Waals surface area contributed by atoms with Crippen LogP contribution in [-0.2, 0) is 16.1 Å². The predicted octanol–water partition coefficient (Wildman–Crippen LogP) is 3.32. The molecule has 23 heavy (non-hydrogen) atoms. The van der Waals surface area contributed by atoms with Crippen LogP contribution in [0.4, 0.5) is 4.79 Å². The highest BCUT2D eigenvalue weighted by molar-refractivity contribution is 5.82. The molecule has 1 amide bonds. The molecule has 0 aromatic heterocycles. The summed E-state index contributed by atoms with van der Waals surface area (Å²) in [6, 6.07) is 9.21. The predicted molar refractivity (Wildman–Crippen MR) is 87.9 cm³/mol. The van der Waals surface area contributed by atoms with Gasteiger partial charge < -0.3 is 9.47 Å². The van der Waals surface area contributed by atoms with Crippen LogP contribution in [0.5, 0.6) is 0 Å². The lowest BCUT2D eigenvalue weighted by Crippen LogP contribution is -2.42. The van der Waals surface area contributed by atoms with Crippen molar-refractivity contribution in [1.82, 2.24) is 4.90 Å². The molecule has 6 heteroatoms. The monoisotopic (exact) mass is 317 g/mol. The van der Waals surface area contributed by atoms with Crippen LogP contribution in [0.15, 0.2) is 29.3 Å². The van der Waals surface area contributed by atoms with Gasteiger partial charge in [-0.2, -0.15) is 5.26 Å². The standard InChI is InChI=1S/C17H23N3O3/c1-13(20(12-19-5)16(21)23-17(2,3)4)22-11-15-8-6-7-14(9-15)10-18/h6-9,12-13H,11H2,1-5H3/b19-12-. The molecule has 0 aliphatic carbocycles. The molecule has 0 saturated heterocycles. The van der Waals surface area contributed by atoms with Crippen molar-refractivity contribution in [3.8, 4) is 6.07 Å². The summed E-state index contributed by atoms with van der Waals surface area (Å²) in [5, 5.41) is 8.90. The Morgan fingerprint density at radius 2 is 2.17 bits per heavy atom. The number of nitrogens with zero attached hydrogens (tertiary/aromatic N) is 3. The molecule has 1 aromatic carbocycles. The third-order valence-electron chi connectivity index (χ3n) is 2.78. The summed E-state index contributed by atoms with van der Waals surface area (Å²) in [4.78, 5) is 17.4. The lowest BCUT2D eigenvalue weighted by atomic mass is 10.1. The van der Waals surface area contributed by atoms with Gasteiger partial charge in [-0.25, -0.2) is 9.69 Å². The van der Waals surface area contributed by atoms with Crippen molar-refractivity contribution in [2.45, 2.75) is 46.1 Å². The van der Waals surface area contributed by atoms with E-state index in [4.69, 9.17) is 14.7 Å². The van der Waals surface area contributed by atoms with E-state index in [2.05, 4.69) is 11.1 Å². The van der Waals surface area contributed by atoms with Crippen LogP contribution >= 0.6 is 0 Å². The molecule has 1 rings (SSSR count). The van der Waals surface area contributed by atoms with Crippen LogP contribution in [0.25, 0.3) is 0 Å². The van der Waals surface area contributed by atoms with Crippen molar-refractivity contribution in [3.63, 3.8) is 0 Å². The van der Waals surface area contributed by atoms with Gasteiger partial charge in [0.25, 0.3) is 0 Å². The molecule has 0 N–H and O–H groups in total. The highest BCUT2D eigenvalue weighted by Crippen LogP contribution is 2.13. The minimum atomic E-state index is -0.599. The van der Waals surface area contributed by atoms with E-state index in [1.807, 2.05) is 6.07 Å². The molecule has 0 heterocycles. The van der Waals surface area contributed by atoms with Gasteiger partial charge in [0.2, 0.25) is 0 Å². The van der Waals surface area contributed by atoms with Gasteiger partial charge in [0.1, 0.15) is 11.8 Å². The Hall–Kier alpha value is -2.39. The summed E-state index contributed by atoms with van der Waals surface area (Å²) >= 11 is 0. The Morgan fingerprint density at radius 1 is 1.48 bits per heavy atom. The number of rotatable bonds is 5. The molecule has 0 saturated carbocycles. The van der Waals surface area contributed by atoms with Crippen LogP contribution in [0.2, 0.25) is 0 Å². The number of benzene rings is 1. The number of carbonyl (C=O) groups excluding carboxylic acids is 1. The summed E-state index contributed by atoms with van der Waals surface area (Å²) < 4.78 is 11.0. The van der Waals surface area contributed by atoms with Crippen molar-refractivity contribution in [2.24, 2.45) is 4.99 Å². The lowest BCUT2D eigenvalue weighted by Gasteiger charge is -2.28. The zero-order chi connectivity index (χ0) is 17.5. The Kier molecular flexibility index (Phi) is 6.73. The zero-order valence-corrected chi connectivity index (χ0v) is 14.2. The molecular formula is C17H23N3O3. The first-order valence-corrected chi connectivity index (χ1v) is 7.31. The van der Waals surface area contributed by atoms with E-state index in [1.54, 1.807) is 52.9 Å². The molecule has 1 aromatic rings. The number of hydrogen-bond acceptors (Lipinski definition) is 5. The van der Waals surface area contributed by atoms with Crippen molar-refractivity contribution in [2.75, 3.05) is 7.05 Å². The largest absolute Gasteiger partial charge is 0.443 e. The Labute approximate surface area is 137 Å². The molecule has 0 fully saturated rings. The Morgan fingerprint density at radius 3 is 2.74 bits per heavy atom. The highest BCUT2D eigenvalue weighted by atomic mass is 16.6. The van der Waals surface area contributed by atoms with Gasteiger partial charge in [-0.15, -0.1) is 0 Å². The van der Waals surface area contributed by atoms with E-state index in [9.17, 15) is 4.79 Å². The maximum Gasteiger partial charge on any atom is 0.417 e. The molecular weight excluding hydrogens is 294 g/mol. The first-order valence-electron chi connectivity index (χ1n) is 7.31. The average molecular weight is 317 g/mol. The average Bonchev–Trinajstić information content (AvgIpc) is 2.48. The molecule has 6 nitrogen and oxygen atoms in total. The third kappa shape index (κ3) is 6.49. The molecule has 0 aliphatic heterocycles. The Balaban J connectivity index is 2.72. The van der Waals surface area contributed by atoms with Crippen LogP contribution in [0.1, 0.15) is 38.8 Å². The molecule has 0 bridgehead atoms. The second-order valence-electron chi connectivity index (χ2n) is 5.98. The van der Waals surface area contributed by atoms with E-state index in [1.165, 1.54) is 11.2 Å². The fraction of sp³-hybridized carbons (Fsp3) is 0.471. The molecule has 1 unspecified atom stereocenters. The normalized spacial score (nSPS) is 12.7. The zero-order valence-electron chi connectivity index (χ0n) is 14.2. The van der Waals surface area contributed by atoms with Gasteiger partial charge in [0, 0.05) is 7.05 Å². The quantitative estimate of drug-likeness (QED) is 0.474. The third-order valence-corrected chi connectivity index (χ3v) is 2.78. The first kappa shape index (κ1) is 18.7. The summed E-state index contributed by atoms with van der Waals surface area (Å²) in [6.45, 7) is 7.40. The van der Waals surface area contributed by atoms with Crippen LogP contribution in [0.3, 0.4) is 0 Å². The van der Waals surface area contributed by atoms with Crippen LogP contribution < -0.4 is 0 Å². The maximum absolute atomic E-state index is 12.2. The van der Waals surface area contributed by atoms with E-state index >= 15 is 0 Å². The summed E-state index contributed by atoms with van der Waals surface area (Å²) in [5.41, 5.74) is 0.823. The molecule has 0 spiro atoms. The molecule has 1 atom stereocenters. The fourth-order valence-corrected chi connectivity index (χ4v) is 1.76. The minimum absolute atomic E-state index is 0.271. The minimum Gasteiger partial charge on any atom is -0.443 e. The van der Waals surface area contributed by atoms with Gasteiger partial charge in [-0.1, -0.05) is 12.1 Å². The molecule has 0 aliphatic rings. The number of carbonyl (C=O) groups is 1. The smallest absolute Gasteiger partial charge is 0.417 e. The lowest BCUT2D eigenvalue weighted by molar-refractivity contribution is -0.0370. The van der Waals surface area contributed by atoms with Crippen LogP contribution in [0, 0.1) is 11.3 Å². The molecule has 124 valence electrons. The second kappa shape index (κ2) is 8.30. The van der Waals surface area contributed by atoms with E-state index < -0.39 is 17.9 Å². The summed E-state index contributed by atoms with van der Waals surface area (Å²) in [5.74, 6) is 0. The van der Waals surface area contributed by atoms with Gasteiger partial charge >= 0.3 is 6.09 Å². The van der Waals surface area contributed by atoms with Crippen molar-refractivity contribution in [3.05, 3.63) is 35.4 Å². The highest BCUT2D eigenvalue weighted by Gasteiger charge is 2.25. The SMILES string of the molecule is C/N=C\N(C(=O)OC(C)(C)C)C(C)OCc1cccc(C#N)c1. The van der Waals surface area contributed by atoms with E-state index in [-0.39, 0.29) is 6.61 Å². The Bertz CT molecular complexity index is 600. The number of hydrogen-bond donors (Lipinski definition) is 0. The summed E-state index contributed by atoms with van der Waals surface area (Å²) in [7, 11) is 1.57. The molecule has 0 radical (unpaired) electrons. The van der Waals surface area contributed by atoms with Gasteiger partial charge in [0.15, 0.2) is 0 Å². The van der Waals surface area contributed by atoms with Gasteiger partial charge in [0.05, 0.1) is 24.6 Å². The van der Waals surface area contributed by atoms with Crippen LogP contribution in [-0.4, -0.2) is 36.2 Å². The maximum atomic E-state index is 12.2. The van der Waals surface area contributed by atoms with E-state index in [0.29, 0.717) is 5.56 Å². The van der Waals surface area contributed by atoms with Crippen molar-refractivity contribution < 1.29 is 14.3 Å². The number of ether oxygens (including phenoxy) is 2. The fourth-order valence-electron chi connectivity index (χ4n) is 1.76. The van der Waals surface area contributed by atoms with Gasteiger partial charge in [-0.05, 0) is 45.4 Å². The number of aliphatic imine (C=N–C) groups is 1. The number of amides is 1. The topological polar surface area (TPSA) is 74.9 Å². The first-order chi connectivity index (χ1) is 10.8. The van der Waals surface area contributed by atoms with E-state index in [0.717, 1.165) is 5.56 Å². The van der Waals surface area contributed by atoms with Crippen molar-refractivity contribution in [1.29, 1.82) is 5.26 Å². The second-order valence-corrected chi connectivity index (χ2v) is 5.98. The summed E-state index contributed by atoms with van der Waals surface area (Å²) in [6.07, 6.45) is 0.297. The van der Waals surface area contributed by atoms with Crippen molar-refractivity contribution >= 4 is 12.4 Å².